The number of aliphatic hydroxyl groups excluding tert-OH is 1. The Labute approximate surface area is 158 Å². The minimum atomic E-state index is -0.474. The molecule has 150 valence electrons. The average Bonchev–Trinajstić information content (AvgIpc) is 3.45. The van der Waals surface area contributed by atoms with Crippen LogP contribution in [0.15, 0.2) is 4.52 Å². The normalized spacial score (nSPS) is 25.1. The molecule has 3 rings (SSSR count). The van der Waals surface area contributed by atoms with E-state index in [0.29, 0.717) is 36.5 Å². The number of nitrogens with zero attached hydrogens (tertiary/aromatic N) is 1. The van der Waals surface area contributed by atoms with Gasteiger partial charge in [-0.15, -0.1) is 0 Å². The van der Waals surface area contributed by atoms with Crippen LogP contribution in [-0.2, 0) is 9.53 Å². The molecule has 1 aliphatic carbocycles. The Kier molecular flexibility index (Phi) is 6.33. The van der Waals surface area contributed by atoms with E-state index in [1.807, 2.05) is 0 Å². The Hall–Kier alpha value is -2.13. The van der Waals surface area contributed by atoms with Gasteiger partial charge in [-0.25, -0.2) is 4.79 Å². The van der Waals surface area contributed by atoms with Gasteiger partial charge in [0.25, 0.3) is 0 Å². The molecule has 1 saturated carbocycles. The van der Waals surface area contributed by atoms with E-state index in [-0.39, 0.29) is 36.6 Å². The van der Waals surface area contributed by atoms with E-state index in [1.165, 1.54) is 0 Å². The molecule has 1 aliphatic heterocycles. The number of amides is 3. The predicted molar refractivity (Wildman–Crippen MR) is 97.3 cm³/mol. The molecule has 3 amide bonds. The maximum absolute atomic E-state index is 12.3. The van der Waals surface area contributed by atoms with Crippen molar-refractivity contribution in [2.24, 2.45) is 5.92 Å². The van der Waals surface area contributed by atoms with E-state index in [1.54, 1.807) is 13.8 Å². The van der Waals surface area contributed by atoms with Crippen LogP contribution < -0.4 is 16.0 Å². The first kappa shape index (κ1) is 19.6. The van der Waals surface area contributed by atoms with Crippen LogP contribution >= 0.6 is 0 Å². The van der Waals surface area contributed by atoms with E-state index < -0.39 is 6.10 Å². The number of aromatic nitrogens is 1. The van der Waals surface area contributed by atoms with Gasteiger partial charge in [-0.3, -0.25) is 4.79 Å². The zero-order chi connectivity index (χ0) is 19.4. The third-order valence-corrected chi connectivity index (χ3v) is 5.10. The molecule has 2 fully saturated rings. The average molecular weight is 380 g/mol. The molecule has 1 saturated heterocycles. The van der Waals surface area contributed by atoms with E-state index in [4.69, 9.17) is 9.26 Å². The highest BCUT2D eigenvalue weighted by Gasteiger charge is 2.33. The van der Waals surface area contributed by atoms with Crippen molar-refractivity contribution < 1.29 is 24.0 Å². The standard InChI is InChI=1S/C18H28N4O5/c1-10-16(11(2)27-22-10)21-18(25)20-14-6-5-13(26-15(14)9-23)7-8-19-17(24)12-3-4-12/h12-15,23H,3-9H2,1-2H3,(H,19,24)(H2,20,21,25)/t13-,14-,15+/m0/s1. The second-order valence-corrected chi connectivity index (χ2v) is 7.31. The van der Waals surface area contributed by atoms with Gasteiger partial charge in [0.1, 0.15) is 17.5 Å². The van der Waals surface area contributed by atoms with Crippen LogP contribution in [-0.4, -0.2) is 53.6 Å². The summed E-state index contributed by atoms with van der Waals surface area (Å²) >= 11 is 0. The summed E-state index contributed by atoms with van der Waals surface area (Å²) in [5.41, 5.74) is 1.16. The summed E-state index contributed by atoms with van der Waals surface area (Å²) in [5, 5.41) is 22.0. The summed E-state index contributed by atoms with van der Waals surface area (Å²) < 4.78 is 10.9. The Morgan fingerprint density at radius 1 is 1.22 bits per heavy atom. The van der Waals surface area contributed by atoms with Crippen LogP contribution in [0.3, 0.4) is 0 Å². The van der Waals surface area contributed by atoms with Gasteiger partial charge < -0.3 is 30.3 Å². The fraction of sp³-hybridized carbons (Fsp3) is 0.722. The van der Waals surface area contributed by atoms with Crippen molar-refractivity contribution in [3.05, 3.63) is 11.5 Å². The molecule has 0 unspecified atom stereocenters. The summed E-state index contributed by atoms with van der Waals surface area (Å²) in [6, 6.07) is -0.667. The van der Waals surface area contributed by atoms with Crippen molar-refractivity contribution >= 4 is 17.6 Å². The Morgan fingerprint density at radius 2 is 2.00 bits per heavy atom. The van der Waals surface area contributed by atoms with Gasteiger partial charge in [0.05, 0.1) is 18.8 Å². The molecule has 27 heavy (non-hydrogen) atoms. The second kappa shape index (κ2) is 8.71. The molecule has 0 radical (unpaired) electrons. The van der Waals surface area contributed by atoms with Crippen LogP contribution in [0.1, 0.15) is 43.6 Å². The maximum Gasteiger partial charge on any atom is 0.319 e. The summed E-state index contributed by atoms with van der Waals surface area (Å²) in [6.45, 7) is 3.87. The summed E-state index contributed by atoms with van der Waals surface area (Å²) in [6.07, 6.45) is 3.62. The smallest absolute Gasteiger partial charge is 0.319 e. The number of urea groups is 1. The van der Waals surface area contributed by atoms with Crippen LogP contribution in [0.2, 0.25) is 0 Å². The molecule has 1 aromatic rings. The van der Waals surface area contributed by atoms with E-state index >= 15 is 0 Å². The topological polar surface area (TPSA) is 126 Å². The van der Waals surface area contributed by atoms with Crippen LogP contribution in [0.25, 0.3) is 0 Å². The van der Waals surface area contributed by atoms with Crippen molar-refractivity contribution in [3.63, 3.8) is 0 Å². The minimum Gasteiger partial charge on any atom is -0.394 e. The van der Waals surface area contributed by atoms with Crippen molar-refractivity contribution in [2.45, 2.75) is 64.2 Å². The van der Waals surface area contributed by atoms with Crippen LogP contribution in [0, 0.1) is 19.8 Å². The second-order valence-electron chi connectivity index (χ2n) is 7.31. The molecule has 1 aromatic heterocycles. The van der Waals surface area contributed by atoms with E-state index in [2.05, 4.69) is 21.1 Å². The fourth-order valence-electron chi connectivity index (χ4n) is 3.33. The highest BCUT2D eigenvalue weighted by Crippen LogP contribution is 2.29. The fourth-order valence-corrected chi connectivity index (χ4v) is 3.33. The lowest BCUT2D eigenvalue weighted by Crippen LogP contribution is -2.52. The number of carbonyl (C=O) groups is 2. The monoisotopic (exact) mass is 380 g/mol. The third kappa shape index (κ3) is 5.20. The first-order valence-electron chi connectivity index (χ1n) is 9.52. The molecule has 2 heterocycles. The lowest BCUT2D eigenvalue weighted by molar-refractivity contribution is -0.122. The SMILES string of the molecule is Cc1noc(C)c1NC(=O)N[C@H]1CC[C@@H](CCNC(=O)C2CC2)O[C@@H]1CO. The molecule has 4 N–H and O–H groups in total. The molecule has 0 aromatic carbocycles. The lowest BCUT2D eigenvalue weighted by Gasteiger charge is -2.36. The number of nitrogens with one attached hydrogen (secondary N) is 3. The molecular weight excluding hydrogens is 352 g/mol. The quantitative estimate of drug-likeness (QED) is 0.564. The zero-order valence-corrected chi connectivity index (χ0v) is 15.8. The van der Waals surface area contributed by atoms with Gasteiger partial charge in [0.15, 0.2) is 5.76 Å². The number of aryl methyl sites for hydroxylation is 2. The Balaban J connectivity index is 1.43. The predicted octanol–water partition coefficient (Wildman–Crippen LogP) is 1.24. The summed E-state index contributed by atoms with van der Waals surface area (Å²) in [5.74, 6) is 0.863. The van der Waals surface area contributed by atoms with Gasteiger partial charge in [0.2, 0.25) is 5.91 Å². The highest BCUT2D eigenvalue weighted by atomic mass is 16.5. The Bertz CT molecular complexity index is 653. The molecule has 0 spiro atoms. The number of aliphatic hydroxyl groups is 1. The number of rotatable bonds is 7. The Morgan fingerprint density at radius 3 is 2.63 bits per heavy atom. The summed E-state index contributed by atoms with van der Waals surface area (Å²) in [4.78, 5) is 23.9. The molecule has 3 atom stereocenters. The van der Waals surface area contributed by atoms with Gasteiger partial charge >= 0.3 is 6.03 Å². The molecule has 0 bridgehead atoms. The van der Waals surface area contributed by atoms with Crippen molar-refractivity contribution in [2.75, 3.05) is 18.5 Å². The van der Waals surface area contributed by atoms with Gasteiger partial charge in [0, 0.05) is 12.5 Å². The zero-order valence-electron chi connectivity index (χ0n) is 15.8. The number of anilines is 1. The number of hydrogen-bond donors (Lipinski definition) is 4. The van der Waals surface area contributed by atoms with E-state index in [9.17, 15) is 14.7 Å². The summed E-state index contributed by atoms with van der Waals surface area (Å²) in [7, 11) is 0. The van der Waals surface area contributed by atoms with Crippen molar-refractivity contribution in [3.8, 4) is 0 Å². The molecule has 9 nitrogen and oxygen atoms in total. The molecule has 9 heteroatoms. The number of ether oxygens (including phenoxy) is 1. The molecule has 2 aliphatic rings. The highest BCUT2D eigenvalue weighted by molar-refractivity contribution is 5.90. The maximum atomic E-state index is 12.3. The van der Waals surface area contributed by atoms with Crippen LogP contribution in [0.4, 0.5) is 10.5 Å². The van der Waals surface area contributed by atoms with Crippen molar-refractivity contribution in [1.82, 2.24) is 15.8 Å². The lowest BCUT2D eigenvalue weighted by atomic mass is 9.97. The minimum absolute atomic E-state index is 0.0367. The molecular formula is C18H28N4O5. The van der Waals surface area contributed by atoms with Gasteiger partial charge in [-0.05, 0) is 46.0 Å². The van der Waals surface area contributed by atoms with Crippen LogP contribution in [0.5, 0.6) is 0 Å². The van der Waals surface area contributed by atoms with Gasteiger partial charge in [-0.1, -0.05) is 5.16 Å². The number of carbonyl (C=O) groups excluding carboxylic acids is 2. The van der Waals surface area contributed by atoms with Crippen molar-refractivity contribution in [1.29, 1.82) is 0 Å². The van der Waals surface area contributed by atoms with Gasteiger partial charge in [-0.2, -0.15) is 0 Å². The number of hydrogen-bond acceptors (Lipinski definition) is 6. The van der Waals surface area contributed by atoms with E-state index in [0.717, 1.165) is 19.3 Å². The first-order valence-corrected chi connectivity index (χ1v) is 9.52. The largest absolute Gasteiger partial charge is 0.394 e. The first-order chi connectivity index (χ1) is 13.0. The third-order valence-electron chi connectivity index (χ3n) is 5.10.